The fraction of sp³-hybridized carbons (Fsp3) is 0.478. The summed E-state index contributed by atoms with van der Waals surface area (Å²) >= 11 is 0. The molecule has 0 amide bonds. The molecule has 2 aromatic rings. The van der Waals surface area contributed by atoms with Crippen molar-refractivity contribution in [2.24, 2.45) is 0 Å². The zero-order valence-corrected chi connectivity index (χ0v) is 16.1. The number of ether oxygens (including phenoxy) is 2. The van der Waals surface area contributed by atoms with Gasteiger partial charge in [0.15, 0.2) is 0 Å². The number of para-hydroxylation sites is 1. The van der Waals surface area contributed by atoms with Gasteiger partial charge in [-0.3, -0.25) is 4.90 Å². The number of piperidine rings is 1. The highest BCUT2D eigenvalue weighted by Gasteiger charge is 2.36. The molecule has 2 heterocycles. The zero-order chi connectivity index (χ0) is 19.4. The molecule has 2 aliphatic rings. The molecule has 4 nitrogen and oxygen atoms in total. The number of nitrogens with zero attached hydrogens (tertiary/aromatic N) is 1. The molecule has 0 aliphatic carbocycles. The van der Waals surface area contributed by atoms with Crippen molar-refractivity contribution >= 4 is 0 Å². The Morgan fingerprint density at radius 3 is 2.61 bits per heavy atom. The summed E-state index contributed by atoms with van der Waals surface area (Å²) in [5, 5.41) is 11.0. The predicted octanol–water partition coefficient (Wildman–Crippen LogP) is 3.87. The third-order valence-corrected chi connectivity index (χ3v) is 5.87. The number of aliphatic hydroxyl groups is 1. The summed E-state index contributed by atoms with van der Waals surface area (Å²) in [6.45, 7) is 3.60. The summed E-state index contributed by atoms with van der Waals surface area (Å²) in [4.78, 5) is 2.30. The first kappa shape index (κ1) is 19.4. The largest absolute Gasteiger partial charge is 0.491 e. The van der Waals surface area contributed by atoms with Crippen molar-refractivity contribution in [3.05, 3.63) is 65.5 Å². The summed E-state index contributed by atoms with van der Waals surface area (Å²) in [5.74, 6) is 0.569. The Morgan fingerprint density at radius 2 is 1.86 bits per heavy atom. The molecule has 2 fully saturated rings. The van der Waals surface area contributed by atoms with Gasteiger partial charge in [-0.25, -0.2) is 4.39 Å². The van der Waals surface area contributed by atoms with Crippen LogP contribution in [0, 0.1) is 5.82 Å². The molecule has 1 atom stereocenters. The van der Waals surface area contributed by atoms with Crippen LogP contribution in [0.2, 0.25) is 0 Å². The van der Waals surface area contributed by atoms with Gasteiger partial charge in [-0.2, -0.15) is 0 Å². The molecule has 2 aromatic carbocycles. The number of halogens is 1. The first-order valence-corrected chi connectivity index (χ1v) is 10.2. The lowest BCUT2D eigenvalue weighted by Gasteiger charge is -2.38. The van der Waals surface area contributed by atoms with E-state index in [2.05, 4.69) is 11.0 Å². The minimum Gasteiger partial charge on any atom is -0.491 e. The lowest BCUT2D eigenvalue weighted by molar-refractivity contribution is -0.0304. The summed E-state index contributed by atoms with van der Waals surface area (Å²) in [6, 6.07) is 14.7. The summed E-state index contributed by atoms with van der Waals surface area (Å²) in [6.07, 6.45) is 3.40. The SMILES string of the molecule is OC1(c2ccccc2F)CCN(Cc2ccccc2OC[C@H]2CCCO2)CC1. The van der Waals surface area contributed by atoms with Crippen LogP contribution in [0.5, 0.6) is 5.75 Å². The van der Waals surface area contributed by atoms with Gasteiger partial charge in [0.1, 0.15) is 18.2 Å². The topological polar surface area (TPSA) is 41.9 Å². The van der Waals surface area contributed by atoms with Crippen molar-refractivity contribution in [2.45, 2.75) is 43.9 Å². The van der Waals surface area contributed by atoms with E-state index in [-0.39, 0.29) is 11.9 Å². The minimum atomic E-state index is -1.09. The van der Waals surface area contributed by atoms with Crippen LogP contribution in [-0.4, -0.2) is 42.4 Å². The van der Waals surface area contributed by atoms with E-state index < -0.39 is 5.60 Å². The van der Waals surface area contributed by atoms with Crippen LogP contribution in [0.15, 0.2) is 48.5 Å². The Hall–Kier alpha value is -1.95. The fourth-order valence-electron chi connectivity index (χ4n) is 4.16. The Bertz CT molecular complexity index is 783. The highest BCUT2D eigenvalue weighted by molar-refractivity contribution is 5.33. The van der Waals surface area contributed by atoms with Crippen LogP contribution >= 0.6 is 0 Å². The molecule has 0 spiro atoms. The van der Waals surface area contributed by atoms with Gasteiger partial charge in [0.05, 0.1) is 11.7 Å². The van der Waals surface area contributed by atoms with Gasteiger partial charge in [-0.05, 0) is 37.8 Å². The highest BCUT2D eigenvalue weighted by atomic mass is 19.1. The van der Waals surface area contributed by atoms with Crippen molar-refractivity contribution in [3.63, 3.8) is 0 Å². The van der Waals surface area contributed by atoms with Crippen LogP contribution in [0.4, 0.5) is 4.39 Å². The van der Waals surface area contributed by atoms with Gasteiger partial charge >= 0.3 is 0 Å². The van der Waals surface area contributed by atoms with Crippen LogP contribution < -0.4 is 4.74 Å². The standard InChI is InChI=1S/C23H28FNO3/c24-21-9-3-2-8-20(21)23(26)11-13-25(14-12-23)16-18-6-1-4-10-22(18)28-17-19-7-5-15-27-19/h1-4,6,8-10,19,26H,5,7,11-17H2/t19-/m1/s1. The molecule has 2 aliphatic heterocycles. The molecule has 2 saturated heterocycles. The second-order valence-electron chi connectivity index (χ2n) is 7.84. The Kier molecular flexibility index (Phi) is 5.95. The molecule has 0 aromatic heterocycles. The van der Waals surface area contributed by atoms with Gasteiger partial charge in [0, 0.05) is 37.4 Å². The molecule has 0 radical (unpaired) electrons. The van der Waals surface area contributed by atoms with Crippen molar-refractivity contribution in [3.8, 4) is 5.75 Å². The summed E-state index contributed by atoms with van der Waals surface area (Å²) in [7, 11) is 0. The van der Waals surface area contributed by atoms with Crippen molar-refractivity contribution in [2.75, 3.05) is 26.3 Å². The monoisotopic (exact) mass is 385 g/mol. The maximum Gasteiger partial charge on any atom is 0.129 e. The van der Waals surface area contributed by atoms with E-state index in [0.717, 1.165) is 37.3 Å². The molecule has 0 saturated carbocycles. The molecular weight excluding hydrogens is 357 g/mol. The van der Waals surface area contributed by atoms with Gasteiger partial charge in [0.2, 0.25) is 0 Å². The molecule has 150 valence electrons. The Morgan fingerprint density at radius 1 is 1.11 bits per heavy atom. The average Bonchev–Trinajstić information content (AvgIpc) is 3.23. The van der Waals surface area contributed by atoms with E-state index in [1.165, 1.54) is 6.07 Å². The number of benzene rings is 2. The molecular formula is C23H28FNO3. The molecule has 0 unspecified atom stereocenters. The van der Waals surface area contributed by atoms with E-state index in [0.29, 0.717) is 38.1 Å². The first-order chi connectivity index (χ1) is 13.6. The zero-order valence-electron chi connectivity index (χ0n) is 16.1. The number of hydrogen-bond donors (Lipinski definition) is 1. The van der Waals surface area contributed by atoms with Gasteiger partial charge < -0.3 is 14.6 Å². The second-order valence-corrected chi connectivity index (χ2v) is 7.84. The lowest BCUT2D eigenvalue weighted by atomic mass is 9.84. The van der Waals surface area contributed by atoms with E-state index in [1.54, 1.807) is 18.2 Å². The first-order valence-electron chi connectivity index (χ1n) is 10.2. The fourth-order valence-corrected chi connectivity index (χ4v) is 4.16. The maximum atomic E-state index is 14.1. The number of likely N-dealkylation sites (tertiary alicyclic amines) is 1. The third-order valence-electron chi connectivity index (χ3n) is 5.87. The van der Waals surface area contributed by atoms with Crippen LogP contribution in [0.25, 0.3) is 0 Å². The minimum absolute atomic E-state index is 0.193. The lowest BCUT2D eigenvalue weighted by Crippen LogP contribution is -2.42. The van der Waals surface area contributed by atoms with Crippen LogP contribution in [-0.2, 0) is 16.9 Å². The number of rotatable bonds is 6. The van der Waals surface area contributed by atoms with Crippen molar-refractivity contribution < 1.29 is 19.0 Å². The van der Waals surface area contributed by atoms with Crippen LogP contribution in [0.3, 0.4) is 0 Å². The predicted molar refractivity (Wildman–Crippen MR) is 106 cm³/mol. The van der Waals surface area contributed by atoms with Gasteiger partial charge in [-0.15, -0.1) is 0 Å². The average molecular weight is 385 g/mol. The number of hydrogen-bond acceptors (Lipinski definition) is 4. The second kappa shape index (κ2) is 8.60. The quantitative estimate of drug-likeness (QED) is 0.820. The van der Waals surface area contributed by atoms with Gasteiger partial charge in [-0.1, -0.05) is 36.4 Å². The van der Waals surface area contributed by atoms with Crippen molar-refractivity contribution in [1.29, 1.82) is 0 Å². The molecule has 1 N–H and O–H groups in total. The van der Waals surface area contributed by atoms with Crippen LogP contribution in [0.1, 0.15) is 36.8 Å². The molecule has 0 bridgehead atoms. The van der Waals surface area contributed by atoms with E-state index >= 15 is 0 Å². The summed E-state index contributed by atoms with van der Waals surface area (Å²) < 4.78 is 25.8. The van der Waals surface area contributed by atoms with E-state index in [1.807, 2.05) is 18.2 Å². The Balaban J connectivity index is 1.36. The van der Waals surface area contributed by atoms with E-state index in [9.17, 15) is 9.50 Å². The molecule has 4 rings (SSSR count). The van der Waals surface area contributed by atoms with Crippen molar-refractivity contribution in [1.82, 2.24) is 4.90 Å². The van der Waals surface area contributed by atoms with E-state index in [4.69, 9.17) is 9.47 Å². The maximum absolute atomic E-state index is 14.1. The molecule has 5 heteroatoms. The third kappa shape index (κ3) is 4.37. The highest BCUT2D eigenvalue weighted by Crippen LogP contribution is 2.35. The van der Waals surface area contributed by atoms with Gasteiger partial charge in [0.25, 0.3) is 0 Å². The normalized spacial score (nSPS) is 22.3. The Labute approximate surface area is 165 Å². The smallest absolute Gasteiger partial charge is 0.129 e. The molecule has 28 heavy (non-hydrogen) atoms. The summed E-state index contributed by atoms with van der Waals surface area (Å²) in [5.41, 5.74) is 0.462.